The topological polar surface area (TPSA) is 52.1 Å². The maximum absolute atomic E-state index is 12.2. The lowest BCUT2D eigenvalue weighted by atomic mass is 10.0. The van der Waals surface area contributed by atoms with Crippen molar-refractivity contribution < 1.29 is 9.53 Å². The monoisotopic (exact) mass is 340 g/mol. The van der Waals surface area contributed by atoms with Gasteiger partial charge in [-0.25, -0.2) is 9.97 Å². The largest absolute Gasteiger partial charge is 0.426 e. The van der Waals surface area contributed by atoms with Crippen LogP contribution in [-0.2, 0) is 11.2 Å². The molecule has 0 aliphatic rings. The predicted octanol–water partition coefficient (Wildman–Crippen LogP) is 5.22. The van der Waals surface area contributed by atoms with Gasteiger partial charge < -0.3 is 4.74 Å². The van der Waals surface area contributed by atoms with Crippen LogP contribution in [0.4, 0.5) is 0 Å². The number of rotatable bonds is 9. The number of carbonyl (C=O) groups is 1. The average Bonchev–Trinajstić information content (AvgIpc) is 2.65. The van der Waals surface area contributed by atoms with E-state index >= 15 is 0 Å². The minimum Gasteiger partial charge on any atom is -0.426 e. The molecule has 0 saturated heterocycles. The molecule has 4 nitrogen and oxygen atoms in total. The standard InChI is InChI=1S/C21H28N2O2/c1-4-7-9-16-14-22-20(23-15-16)18-10-12-19(13-11-18)25-21(24)17(6-3)8-5-2/h10-15,17H,4-9H2,1-3H3. The van der Waals surface area contributed by atoms with E-state index in [0.717, 1.165) is 43.2 Å². The van der Waals surface area contributed by atoms with Crippen molar-refractivity contribution in [2.24, 2.45) is 5.92 Å². The molecule has 1 aromatic heterocycles. The first-order valence-electron chi connectivity index (χ1n) is 9.30. The molecule has 0 aliphatic carbocycles. The van der Waals surface area contributed by atoms with Crippen LogP contribution in [0.1, 0.15) is 58.4 Å². The van der Waals surface area contributed by atoms with E-state index in [-0.39, 0.29) is 11.9 Å². The Morgan fingerprint density at radius 3 is 2.28 bits per heavy atom. The first-order chi connectivity index (χ1) is 12.2. The van der Waals surface area contributed by atoms with Crippen molar-refractivity contribution in [2.75, 3.05) is 0 Å². The molecule has 0 amide bonds. The molecule has 0 radical (unpaired) electrons. The molecule has 134 valence electrons. The van der Waals surface area contributed by atoms with Crippen LogP contribution in [0, 0.1) is 5.92 Å². The van der Waals surface area contributed by atoms with Crippen LogP contribution >= 0.6 is 0 Å². The summed E-state index contributed by atoms with van der Waals surface area (Å²) in [6, 6.07) is 7.40. The Morgan fingerprint density at radius 1 is 1.04 bits per heavy atom. The second kappa shape index (κ2) is 9.92. The minimum atomic E-state index is -0.145. The summed E-state index contributed by atoms with van der Waals surface area (Å²) in [5.74, 6) is 1.09. The zero-order valence-electron chi connectivity index (χ0n) is 15.5. The molecule has 1 unspecified atom stereocenters. The van der Waals surface area contributed by atoms with Crippen LogP contribution in [0.3, 0.4) is 0 Å². The number of unbranched alkanes of at least 4 members (excludes halogenated alkanes) is 1. The number of carbonyl (C=O) groups excluding carboxylic acids is 1. The van der Waals surface area contributed by atoms with Crippen LogP contribution in [-0.4, -0.2) is 15.9 Å². The highest BCUT2D eigenvalue weighted by atomic mass is 16.5. The number of aryl methyl sites for hydroxylation is 1. The quantitative estimate of drug-likeness (QED) is 0.464. The van der Waals surface area contributed by atoms with E-state index in [1.807, 2.05) is 31.5 Å². The lowest BCUT2D eigenvalue weighted by molar-refractivity contribution is -0.139. The third kappa shape index (κ3) is 5.66. The predicted molar refractivity (Wildman–Crippen MR) is 100 cm³/mol. The summed E-state index contributed by atoms with van der Waals surface area (Å²) >= 11 is 0. The SMILES string of the molecule is CCCCc1cnc(-c2ccc(OC(=O)C(CC)CCC)cc2)nc1. The van der Waals surface area contributed by atoms with Crippen LogP contribution in [0.25, 0.3) is 11.4 Å². The molecule has 0 saturated carbocycles. The fourth-order valence-electron chi connectivity index (χ4n) is 2.72. The molecule has 1 heterocycles. The zero-order valence-corrected chi connectivity index (χ0v) is 15.5. The maximum Gasteiger partial charge on any atom is 0.314 e. The van der Waals surface area contributed by atoms with Crippen molar-refractivity contribution in [3.8, 4) is 17.1 Å². The second-order valence-corrected chi connectivity index (χ2v) is 6.36. The summed E-state index contributed by atoms with van der Waals surface area (Å²) in [5.41, 5.74) is 2.08. The van der Waals surface area contributed by atoms with Crippen molar-refractivity contribution in [2.45, 2.75) is 59.3 Å². The van der Waals surface area contributed by atoms with Crippen molar-refractivity contribution in [3.63, 3.8) is 0 Å². The maximum atomic E-state index is 12.2. The fourth-order valence-corrected chi connectivity index (χ4v) is 2.72. The molecule has 0 spiro atoms. The van der Waals surface area contributed by atoms with Gasteiger partial charge in [-0.3, -0.25) is 4.79 Å². The number of esters is 1. The highest BCUT2D eigenvalue weighted by Gasteiger charge is 2.17. The minimum absolute atomic E-state index is 0.0244. The third-order valence-electron chi connectivity index (χ3n) is 4.32. The van der Waals surface area contributed by atoms with Gasteiger partial charge in [-0.15, -0.1) is 0 Å². The Morgan fingerprint density at radius 2 is 1.72 bits per heavy atom. The van der Waals surface area contributed by atoms with Crippen molar-refractivity contribution in [1.29, 1.82) is 0 Å². The molecule has 0 fully saturated rings. The van der Waals surface area contributed by atoms with Gasteiger partial charge in [-0.2, -0.15) is 0 Å². The smallest absolute Gasteiger partial charge is 0.314 e. The molecular weight excluding hydrogens is 312 g/mol. The Labute approximate surface area is 150 Å². The van der Waals surface area contributed by atoms with E-state index in [2.05, 4.69) is 23.8 Å². The van der Waals surface area contributed by atoms with E-state index < -0.39 is 0 Å². The highest BCUT2D eigenvalue weighted by Crippen LogP contribution is 2.21. The third-order valence-corrected chi connectivity index (χ3v) is 4.32. The van der Waals surface area contributed by atoms with Crippen molar-refractivity contribution in [1.82, 2.24) is 9.97 Å². The summed E-state index contributed by atoms with van der Waals surface area (Å²) in [6.45, 7) is 6.28. The normalized spacial score (nSPS) is 12.0. The van der Waals surface area contributed by atoms with Crippen LogP contribution in [0.2, 0.25) is 0 Å². The highest BCUT2D eigenvalue weighted by molar-refractivity contribution is 5.75. The molecule has 0 bridgehead atoms. The van der Waals surface area contributed by atoms with E-state index in [1.165, 1.54) is 6.42 Å². The molecule has 2 aromatic rings. The van der Waals surface area contributed by atoms with E-state index in [1.54, 1.807) is 12.1 Å². The zero-order chi connectivity index (χ0) is 18.1. The van der Waals surface area contributed by atoms with Gasteiger partial charge in [0.1, 0.15) is 5.75 Å². The van der Waals surface area contributed by atoms with Gasteiger partial charge in [0.25, 0.3) is 0 Å². The lowest BCUT2D eigenvalue weighted by Gasteiger charge is -2.13. The van der Waals surface area contributed by atoms with Crippen LogP contribution < -0.4 is 4.74 Å². The summed E-state index contributed by atoms with van der Waals surface area (Å²) in [7, 11) is 0. The molecule has 1 atom stereocenters. The summed E-state index contributed by atoms with van der Waals surface area (Å²) in [5, 5.41) is 0. The number of benzene rings is 1. The molecule has 0 aliphatic heterocycles. The Bertz CT molecular complexity index is 651. The number of ether oxygens (including phenoxy) is 1. The van der Waals surface area contributed by atoms with Crippen molar-refractivity contribution >= 4 is 5.97 Å². The van der Waals surface area contributed by atoms with E-state index in [9.17, 15) is 4.79 Å². The summed E-state index contributed by atoms with van der Waals surface area (Å²) in [6.07, 6.45) is 9.78. The molecule has 0 N–H and O–H groups in total. The van der Waals surface area contributed by atoms with Crippen LogP contribution in [0.15, 0.2) is 36.7 Å². The van der Waals surface area contributed by atoms with E-state index in [4.69, 9.17) is 4.74 Å². The molecule has 2 rings (SSSR count). The van der Waals surface area contributed by atoms with Gasteiger partial charge >= 0.3 is 5.97 Å². The average molecular weight is 340 g/mol. The van der Waals surface area contributed by atoms with Gasteiger partial charge in [0.15, 0.2) is 5.82 Å². The number of nitrogens with zero attached hydrogens (tertiary/aromatic N) is 2. The molecule has 4 heteroatoms. The molecule has 25 heavy (non-hydrogen) atoms. The first kappa shape index (κ1) is 19.1. The Balaban J connectivity index is 2.00. The number of hydrogen-bond donors (Lipinski definition) is 0. The fraction of sp³-hybridized carbons (Fsp3) is 0.476. The van der Waals surface area contributed by atoms with Crippen LogP contribution in [0.5, 0.6) is 5.75 Å². The van der Waals surface area contributed by atoms with Gasteiger partial charge in [-0.05, 0) is 55.5 Å². The van der Waals surface area contributed by atoms with Gasteiger partial charge in [0.05, 0.1) is 5.92 Å². The lowest BCUT2D eigenvalue weighted by Crippen LogP contribution is -2.19. The Hall–Kier alpha value is -2.23. The van der Waals surface area contributed by atoms with E-state index in [0.29, 0.717) is 11.6 Å². The molecular formula is C21H28N2O2. The Kier molecular flexibility index (Phi) is 7.58. The second-order valence-electron chi connectivity index (χ2n) is 6.36. The summed E-state index contributed by atoms with van der Waals surface area (Å²) in [4.78, 5) is 21.0. The number of aromatic nitrogens is 2. The first-order valence-corrected chi connectivity index (χ1v) is 9.30. The number of hydrogen-bond acceptors (Lipinski definition) is 4. The van der Waals surface area contributed by atoms with Gasteiger partial charge in [0, 0.05) is 18.0 Å². The molecule has 1 aromatic carbocycles. The van der Waals surface area contributed by atoms with Gasteiger partial charge in [-0.1, -0.05) is 33.6 Å². The van der Waals surface area contributed by atoms with Crippen molar-refractivity contribution in [3.05, 3.63) is 42.2 Å². The van der Waals surface area contributed by atoms with Gasteiger partial charge in [0.2, 0.25) is 0 Å². The summed E-state index contributed by atoms with van der Waals surface area (Å²) < 4.78 is 5.49.